The van der Waals surface area contributed by atoms with Gasteiger partial charge in [0.05, 0.1) is 21.3 Å². The van der Waals surface area contributed by atoms with Crippen molar-refractivity contribution in [1.29, 1.82) is 0 Å². The topological polar surface area (TPSA) is 77.0 Å². The number of ether oxygens (including phenoxy) is 3. The fraction of sp³-hybridized carbons (Fsp3) is 0.278. The van der Waals surface area contributed by atoms with Crippen molar-refractivity contribution in [2.24, 2.45) is 0 Å². The molecule has 0 saturated heterocycles. The standard InChI is InChI=1S/C18H21NO5/c1-22-14-9-13(10-15(23-2)17(14)24-3)16(18(20)21)19-11-12-7-5-4-6-8-12/h4-10,16,19H,11H2,1-3H3,(H,20,21). The summed E-state index contributed by atoms with van der Waals surface area (Å²) in [6, 6.07) is 12.0. The lowest BCUT2D eigenvalue weighted by Gasteiger charge is -2.19. The van der Waals surface area contributed by atoms with Crippen LogP contribution < -0.4 is 19.5 Å². The predicted molar refractivity (Wildman–Crippen MR) is 89.8 cm³/mol. The molecule has 1 atom stereocenters. The summed E-state index contributed by atoms with van der Waals surface area (Å²) in [5.41, 5.74) is 1.52. The summed E-state index contributed by atoms with van der Waals surface area (Å²) in [6.45, 7) is 0.425. The van der Waals surface area contributed by atoms with Gasteiger partial charge in [0, 0.05) is 6.54 Å². The van der Waals surface area contributed by atoms with E-state index in [2.05, 4.69) is 5.32 Å². The van der Waals surface area contributed by atoms with Crippen molar-refractivity contribution in [2.45, 2.75) is 12.6 Å². The minimum absolute atomic E-state index is 0.416. The quantitative estimate of drug-likeness (QED) is 0.774. The Kier molecular flexibility index (Phi) is 6.03. The van der Waals surface area contributed by atoms with Crippen molar-refractivity contribution in [3.63, 3.8) is 0 Å². The minimum atomic E-state index is -0.986. The van der Waals surface area contributed by atoms with E-state index in [0.717, 1.165) is 5.56 Å². The Bertz CT molecular complexity index is 662. The average Bonchev–Trinajstić information content (AvgIpc) is 2.61. The molecule has 0 aliphatic rings. The highest BCUT2D eigenvalue weighted by Crippen LogP contribution is 2.39. The van der Waals surface area contributed by atoms with Gasteiger partial charge >= 0.3 is 5.97 Å². The molecule has 0 saturated carbocycles. The molecule has 0 aliphatic carbocycles. The predicted octanol–water partition coefficient (Wildman–Crippen LogP) is 2.63. The second-order valence-corrected chi connectivity index (χ2v) is 5.10. The molecule has 24 heavy (non-hydrogen) atoms. The van der Waals surface area contributed by atoms with E-state index in [1.54, 1.807) is 12.1 Å². The van der Waals surface area contributed by atoms with Gasteiger partial charge in [-0.2, -0.15) is 0 Å². The highest BCUT2D eigenvalue weighted by atomic mass is 16.5. The number of nitrogens with one attached hydrogen (secondary N) is 1. The number of hydrogen-bond donors (Lipinski definition) is 2. The summed E-state index contributed by atoms with van der Waals surface area (Å²) in [7, 11) is 4.49. The monoisotopic (exact) mass is 331 g/mol. The Morgan fingerprint density at radius 2 is 1.62 bits per heavy atom. The second kappa shape index (κ2) is 8.21. The van der Waals surface area contributed by atoms with Crippen LogP contribution in [0.4, 0.5) is 0 Å². The van der Waals surface area contributed by atoms with Crippen molar-refractivity contribution in [1.82, 2.24) is 5.32 Å². The lowest BCUT2D eigenvalue weighted by molar-refractivity contribution is -0.139. The molecule has 128 valence electrons. The third-order valence-electron chi connectivity index (χ3n) is 3.62. The number of carboxylic acids is 1. The number of aliphatic carboxylic acids is 1. The molecule has 0 radical (unpaired) electrons. The Balaban J connectivity index is 2.31. The number of carbonyl (C=O) groups is 1. The zero-order valence-corrected chi connectivity index (χ0v) is 13.9. The Labute approximate surface area is 141 Å². The molecule has 0 bridgehead atoms. The van der Waals surface area contributed by atoms with Crippen molar-refractivity contribution in [3.05, 3.63) is 53.6 Å². The first-order chi connectivity index (χ1) is 11.6. The van der Waals surface area contributed by atoms with Crippen LogP contribution in [0.25, 0.3) is 0 Å². The van der Waals surface area contributed by atoms with Gasteiger partial charge in [-0.1, -0.05) is 30.3 Å². The molecular weight excluding hydrogens is 310 g/mol. The normalized spacial score (nSPS) is 11.6. The van der Waals surface area contributed by atoms with Crippen molar-refractivity contribution in [2.75, 3.05) is 21.3 Å². The summed E-state index contributed by atoms with van der Waals surface area (Å²) < 4.78 is 15.8. The van der Waals surface area contributed by atoms with Gasteiger partial charge < -0.3 is 19.3 Å². The summed E-state index contributed by atoms with van der Waals surface area (Å²) in [5, 5.41) is 12.6. The summed E-state index contributed by atoms with van der Waals surface area (Å²) in [5.74, 6) is 0.273. The molecule has 6 nitrogen and oxygen atoms in total. The van der Waals surface area contributed by atoms with Gasteiger partial charge in [0.15, 0.2) is 11.5 Å². The van der Waals surface area contributed by atoms with Crippen LogP contribution in [0.2, 0.25) is 0 Å². The summed E-state index contributed by atoms with van der Waals surface area (Å²) >= 11 is 0. The molecule has 2 N–H and O–H groups in total. The highest BCUT2D eigenvalue weighted by Gasteiger charge is 2.23. The fourth-order valence-corrected chi connectivity index (χ4v) is 2.43. The van der Waals surface area contributed by atoms with Crippen LogP contribution in [0, 0.1) is 0 Å². The maximum absolute atomic E-state index is 11.7. The Morgan fingerprint density at radius 1 is 1.04 bits per heavy atom. The maximum atomic E-state index is 11.7. The first kappa shape index (κ1) is 17.6. The first-order valence-electron chi connectivity index (χ1n) is 7.40. The number of hydrogen-bond acceptors (Lipinski definition) is 5. The van der Waals surface area contributed by atoms with Crippen molar-refractivity contribution >= 4 is 5.97 Å². The third kappa shape index (κ3) is 3.97. The summed E-state index contributed by atoms with van der Waals surface area (Å²) in [4.78, 5) is 11.7. The van der Waals surface area contributed by atoms with E-state index in [1.165, 1.54) is 21.3 Å². The largest absolute Gasteiger partial charge is 0.493 e. The number of carboxylic acid groups (broad SMARTS) is 1. The molecule has 0 fully saturated rings. The summed E-state index contributed by atoms with van der Waals surface area (Å²) in [6.07, 6.45) is 0. The first-order valence-corrected chi connectivity index (χ1v) is 7.40. The zero-order valence-electron chi connectivity index (χ0n) is 13.9. The van der Waals surface area contributed by atoms with Crippen LogP contribution in [-0.2, 0) is 11.3 Å². The van der Waals surface area contributed by atoms with Gasteiger partial charge in [-0.05, 0) is 23.3 Å². The molecule has 0 spiro atoms. The zero-order chi connectivity index (χ0) is 17.5. The van der Waals surface area contributed by atoms with E-state index in [1.807, 2.05) is 30.3 Å². The van der Waals surface area contributed by atoms with E-state index in [9.17, 15) is 9.90 Å². The molecule has 1 unspecified atom stereocenters. The third-order valence-corrected chi connectivity index (χ3v) is 3.62. The maximum Gasteiger partial charge on any atom is 0.325 e. The molecule has 2 aromatic carbocycles. The van der Waals surface area contributed by atoms with Crippen LogP contribution in [0.3, 0.4) is 0 Å². The van der Waals surface area contributed by atoms with Crippen LogP contribution >= 0.6 is 0 Å². The molecule has 0 heterocycles. The van der Waals surface area contributed by atoms with E-state index < -0.39 is 12.0 Å². The Morgan fingerprint density at radius 3 is 2.08 bits per heavy atom. The van der Waals surface area contributed by atoms with Crippen LogP contribution in [0.1, 0.15) is 17.2 Å². The van der Waals surface area contributed by atoms with Crippen molar-refractivity contribution < 1.29 is 24.1 Å². The molecule has 2 rings (SSSR count). The van der Waals surface area contributed by atoms with Gasteiger partial charge in [-0.25, -0.2) is 0 Å². The van der Waals surface area contributed by atoms with Crippen LogP contribution in [0.5, 0.6) is 17.2 Å². The number of rotatable bonds is 8. The lowest BCUT2D eigenvalue weighted by Crippen LogP contribution is -2.28. The van der Waals surface area contributed by atoms with Gasteiger partial charge in [0.2, 0.25) is 5.75 Å². The van der Waals surface area contributed by atoms with E-state index in [-0.39, 0.29) is 0 Å². The molecule has 0 aromatic heterocycles. The number of benzene rings is 2. The molecular formula is C18H21NO5. The van der Waals surface area contributed by atoms with Gasteiger partial charge in [0.1, 0.15) is 6.04 Å². The molecule has 0 aliphatic heterocycles. The fourth-order valence-electron chi connectivity index (χ4n) is 2.43. The molecule has 0 amide bonds. The lowest BCUT2D eigenvalue weighted by atomic mass is 10.0. The van der Waals surface area contributed by atoms with E-state index >= 15 is 0 Å². The van der Waals surface area contributed by atoms with Crippen LogP contribution in [-0.4, -0.2) is 32.4 Å². The van der Waals surface area contributed by atoms with E-state index in [0.29, 0.717) is 29.4 Å². The average molecular weight is 331 g/mol. The smallest absolute Gasteiger partial charge is 0.325 e. The van der Waals surface area contributed by atoms with Crippen molar-refractivity contribution in [3.8, 4) is 17.2 Å². The van der Waals surface area contributed by atoms with Gasteiger partial charge in [0.25, 0.3) is 0 Å². The van der Waals surface area contributed by atoms with Crippen LogP contribution in [0.15, 0.2) is 42.5 Å². The molecule has 2 aromatic rings. The Hall–Kier alpha value is -2.73. The van der Waals surface area contributed by atoms with Gasteiger partial charge in [-0.3, -0.25) is 10.1 Å². The van der Waals surface area contributed by atoms with Gasteiger partial charge in [-0.15, -0.1) is 0 Å². The SMILES string of the molecule is COc1cc(C(NCc2ccccc2)C(=O)O)cc(OC)c1OC. The second-order valence-electron chi connectivity index (χ2n) is 5.10. The highest BCUT2D eigenvalue weighted by molar-refractivity contribution is 5.76. The molecule has 6 heteroatoms. The number of methoxy groups -OCH3 is 3. The minimum Gasteiger partial charge on any atom is -0.493 e. The van der Waals surface area contributed by atoms with E-state index in [4.69, 9.17) is 14.2 Å².